The molecule has 0 heterocycles. The second kappa shape index (κ2) is 6.58. The molecule has 0 aromatic heterocycles. The van der Waals surface area contributed by atoms with Crippen molar-refractivity contribution in [2.75, 3.05) is 11.9 Å². The summed E-state index contributed by atoms with van der Waals surface area (Å²) in [5.41, 5.74) is 11.0. The molecule has 1 aromatic carbocycles. The molecule has 5 N–H and O–H groups in total. The third-order valence-electron chi connectivity index (χ3n) is 3.69. The molecule has 21 heavy (non-hydrogen) atoms. The molecular weight excluding hydrogens is 270 g/mol. The number of hydrogen-bond donors (Lipinski definition) is 3. The molecule has 0 aliphatic heterocycles. The molecule has 0 atom stereocenters. The van der Waals surface area contributed by atoms with Gasteiger partial charge in [-0.05, 0) is 25.0 Å². The maximum Gasteiger partial charge on any atom is 0.244 e. The molecule has 0 bridgehead atoms. The van der Waals surface area contributed by atoms with Crippen molar-refractivity contribution in [3.8, 4) is 5.75 Å². The van der Waals surface area contributed by atoms with Crippen LogP contribution in [0.1, 0.15) is 32.1 Å². The van der Waals surface area contributed by atoms with E-state index in [1.54, 1.807) is 24.3 Å². The van der Waals surface area contributed by atoms with Crippen molar-refractivity contribution in [1.29, 1.82) is 0 Å². The number of nitrogens with two attached hydrogens (primary N) is 2. The van der Waals surface area contributed by atoms with Gasteiger partial charge in [0.15, 0.2) is 0 Å². The molecule has 0 radical (unpaired) electrons. The maximum atomic E-state index is 12.3. The monoisotopic (exact) mass is 291 g/mol. The number of hydrogen-bond acceptors (Lipinski definition) is 4. The first-order chi connectivity index (χ1) is 10.0. The Labute approximate surface area is 123 Å². The molecule has 0 unspecified atom stereocenters. The number of para-hydroxylation sites is 2. The quantitative estimate of drug-likeness (QED) is 0.730. The van der Waals surface area contributed by atoms with E-state index in [-0.39, 0.29) is 18.9 Å². The highest BCUT2D eigenvalue weighted by atomic mass is 16.5. The van der Waals surface area contributed by atoms with E-state index in [0.717, 1.165) is 12.8 Å². The zero-order chi connectivity index (χ0) is 15.3. The van der Waals surface area contributed by atoms with Gasteiger partial charge in [-0.25, -0.2) is 0 Å². The molecule has 1 aliphatic carbocycles. The van der Waals surface area contributed by atoms with Crippen LogP contribution in [0, 0.1) is 0 Å². The number of rotatable bonds is 6. The third-order valence-corrected chi connectivity index (χ3v) is 3.69. The third kappa shape index (κ3) is 3.95. The van der Waals surface area contributed by atoms with Crippen LogP contribution in [0.15, 0.2) is 24.3 Å². The fraction of sp³-hybridized carbons (Fsp3) is 0.467. The summed E-state index contributed by atoms with van der Waals surface area (Å²) in [6.45, 7) is 0.177. The van der Waals surface area contributed by atoms with Crippen LogP contribution in [-0.4, -0.2) is 24.0 Å². The first kappa shape index (κ1) is 15.3. The molecule has 6 heteroatoms. The second-order valence-electron chi connectivity index (χ2n) is 5.38. The van der Waals surface area contributed by atoms with Crippen molar-refractivity contribution in [3.63, 3.8) is 0 Å². The standard InChI is InChI=1S/C15H21N3O3/c16-13(19)7-10-21-12-6-2-1-5-11(12)18-14(20)15(17)8-3-4-9-15/h1-2,5-6H,3-4,7-10,17H2,(H2,16,19)(H,18,20). The highest BCUT2D eigenvalue weighted by Crippen LogP contribution is 2.30. The summed E-state index contributed by atoms with van der Waals surface area (Å²) >= 11 is 0. The number of ether oxygens (including phenoxy) is 1. The lowest BCUT2D eigenvalue weighted by atomic mass is 9.98. The lowest BCUT2D eigenvalue weighted by Gasteiger charge is -2.23. The summed E-state index contributed by atoms with van der Waals surface area (Å²) in [5.74, 6) is -0.108. The van der Waals surface area contributed by atoms with Gasteiger partial charge in [0.1, 0.15) is 5.75 Å². The van der Waals surface area contributed by atoms with Gasteiger partial charge in [0, 0.05) is 0 Å². The van der Waals surface area contributed by atoms with Crippen LogP contribution >= 0.6 is 0 Å². The lowest BCUT2D eigenvalue weighted by Crippen LogP contribution is -2.48. The second-order valence-corrected chi connectivity index (χ2v) is 5.38. The molecule has 1 fully saturated rings. The zero-order valence-electron chi connectivity index (χ0n) is 11.9. The smallest absolute Gasteiger partial charge is 0.244 e. The first-order valence-electron chi connectivity index (χ1n) is 7.12. The molecule has 2 rings (SSSR count). The fourth-order valence-corrected chi connectivity index (χ4v) is 2.44. The number of nitrogens with one attached hydrogen (secondary N) is 1. The Morgan fingerprint density at radius 3 is 2.57 bits per heavy atom. The number of carbonyl (C=O) groups excluding carboxylic acids is 2. The predicted molar refractivity (Wildman–Crippen MR) is 79.8 cm³/mol. The molecule has 6 nitrogen and oxygen atoms in total. The number of benzene rings is 1. The minimum Gasteiger partial charge on any atom is -0.491 e. The number of anilines is 1. The minimum atomic E-state index is -0.791. The van der Waals surface area contributed by atoms with Gasteiger partial charge in [-0.3, -0.25) is 9.59 Å². The van der Waals surface area contributed by atoms with Gasteiger partial charge in [0.2, 0.25) is 11.8 Å². The van der Waals surface area contributed by atoms with Crippen LogP contribution in [0.3, 0.4) is 0 Å². The number of amides is 2. The number of carbonyl (C=O) groups is 2. The summed E-state index contributed by atoms with van der Waals surface area (Å²) in [5, 5.41) is 2.83. The van der Waals surface area contributed by atoms with Gasteiger partial charge in [-0.1, -0.05) is 25.0 Å². The van der Waals surface area contributed by atoms with E-state index in [9.17, 15) is 9.59 Å². The molecule has 114 valence electrons. The summed E-state index contributed by atoms with van der Waals surface area (Å²) in [4.78, 5) is 23.0. The van der Waals surface area contributed by atoms with Gasteiger partial charge < -0.3 is 21.5 Å². The van der Waals surface area contributed by atoms with E-state index in [4.69, 9.17) is 16.2 Å². The van der Waals surface area contributed by atoms with Crippen molar-refractivity contribution in [1.82, 2.24) is 0 Å². The van der Waals surface area contributed by atoms with E-state index in [2.05, 4.69) is 5.32 Å². The highest BCUT2D eigenvalue weighted by Gasteiger charge is 2.37. The normalized spacial score (nSPS) is 16.4. The van der Waals surface area contributed by atoms with Crippen LogP contribution in [-0.2, 0) is 9.59 Å². The van der Waals surface area contributed by atoms with Crippen LogP contribution in [0.4, 0.5) is 5.69 Å². The molecule has 0 spiro atoms. The van der Waals surface area contributed by atoms with Gasteiger partial charge in [0.25, 0.3) is 0 Å². The Kier molecular flexibility index (Phi) is 4.80. The van der Waals surface area contributed by atoms with Gasteiger partial charge >= 0.3 is 0 Å². The lowest BCUT2D eigenvalue weighted by molar-refractivity contribution is -0.121. The SMILES string of the molecule is NC(=O)CCOc1ccccc1NC(=O)C1(N)CCCC1. The predicted octanol–water partition coefficient (Wildman–Crippen LogP) is 1.15. The fourth-order valence-electron chi connectivity index (χ4n) is 2.44. The molecule has 0 saturated heterocycles. The topological polar surface area (TPSA) is 107 Å². The molecule has 2 amide bonds. The minimum absolute atomic E-state index is 0.128. The van der Waals surface area contributed by atoms with Crippen molar-refractivity contribution in [2.45, 2.75) is 37.6 Å². The molecule has 1 aromatic rings. The Morgan fingerprint density at radius 1 is 1.24 bits per heavy atom. The van der Waals surface area contributed by atoms with Crippen molar-refractivity contribution >= 4 is 17.5 Å². The maximum absolute atomic E-state index is 12.3. The summed E-state index contributed by atoms with van der Waals surface area (Å²) < 4.78 is 5.49. The van der Waals surface area contributed by atoms with Crippen LogP contribution in [0.5, 0.6) is 5.75 Å². The van der Waals surface area contributed by atoms with Crippen LogP contribution < -0.4 is 21.5 Å². The van der Waals surface area contributed by atoms with E-state index in [1.807, 2.05) is 0 Å². The van der Waals surface area contributed by atoms with Crippen molar-refractivity contribution < 1.29 is 14.3 Å². The van der Waals surface area contributed by atoms with Gasteiger partial charge in [-0.2, -0.15) is 0 Å². The van der Waals surface area contributed by atoms with E-state index >= 15 is 0 Å². The van der Waals surface area contributed by atoms with Crippen LogP contribution in [0.25, 0.3) is 0 Å². The molecule has 1 aliphatic rings. The average Bonchev–Trinajstić information content (AvgIpc) is 2.88. The zero-order valence-corrected chi connectivity index (χ0v) is 11.9. The summed E-state index contributed by atoms with van der Waals surface area (Å²) in [6.07, 6.45) is 3.47. The largest absolute Gasteiger partial charge is 0.491 e. The van der Waals surface area contributed by atoms with E-state index in [1.165, 1.54) is 0 Å². The molecular formula is C15H21N3O3. The van der Waals surface area contributed by atoms with Crippen molar-refractivity contribution in [3.05, 3.63) is 24.3 Å². The Morgan fingerprint density at radius 2 is 1.90 bits per heavy atom. The Hall–Kier alpha value is -2.08. The molecule has 1 saturated carbocycles. The van der Waals surface area contributed by atoms with Gasteiger partial charge in [0.05, 0.1) is 24.3 Å². The van der Waals surface area contributed by atoms with E-state index < -0.39 is 11.4 Å². The van der Waals surface area contributed by atoms with Crippen molar-refractivity contribution in [2.24, 2.45) is 11.5 Å². The summed E-state index contributed by atoms with van der Waals surface area (Å²) in [6, 6.07) is 7.07. The summed E-state index contributed by atoms with van der Waals surface area (Å²) in [7, 11) is 0. The van der Waals surface area contributed by atoms with Crippen LogP contribution in [0.2, 0.25) is 0 Å². The number of primary amides is 1. The van der Waals surface area contributed by atoms with Gasteiger partial charge in [-0.15, -0.1) is 0 Å². The average molecular weight is 291 g/mol. The van der Waals surface area contributed by atoms with E-state index in [0.29, 0.717) is 24.3 Å². The Bertz CT molecular complexity index is 525. The Balaban J connectivity index is 2.02. The first-order valence-corrected chi connectivity index (χ1v) is 7.12. The highest BCUT2D eigenvalue weighted by molar-refractivity contribution is 5.99.